The van der Waals surface area contributed by atoms with E-state index in [1.54, 1.807) is 47.7 Å². The Kier molecular flexibility index (Phi) is 16.1. The summed E-state index contributed by atoms with van der Waals surface area (Å²) in [6, 6.07) is -0.478. The summed E-state index contributed by atoms with van der Waals surface area (Å²) in [6.45, 7) is 6.45. The van der Waals surface area contributed by atoms with Gasteiger partial charge in [0, 0.05) is 48.3 Å². The van der Waals surface area contributed by atoms with Gasteiger partial charge in [0.15, 0.2) is 18.4 Å². The Hall–Kier alpha value is -3.43. The first-order chi connectivity index (χ1) is 29.2. The lowest BCUT2D eigenvalue weighted by Gasteiger charge is -2.48. The van der Waals surface area contributed by atoms with Gasteiger partial charge in [-0.15, -0.1) is 6.58 Å². The Morgan fingerprint density at radius 2 is 2.02 bits per heavy atom. The number of fused-ring (bicyclic) bond motifs is 8. The molecule has 336 valence electrons. The number of hydrogen-bond donors (Lipinski definition) is 10. The first-order valence-electron chi connectivity index (χ1n) is 20.4. The number of aliphatic imine (C=N–C) groups is 1. The van der Waals surface area contributed by atoms with Gasteiger partial charge in [-0.05, 0) is 45.6 Å². The van der Waals surface area contributed by atoms with E-state index in [0.717, 1.165) is 12.8 Å². The number of aliphatic hydroxyl groups excluding tert-OH is 4. The highest BCUT2D eigenvalue weighted by atomic mass is 33.1. The average molecular weight is 894 g/mol. The van der Waals surface area contributed by atoms with Gasteiger partial charge in [-0.1, -0.05) is 39.5 Å². The Bertz CT molecular complexity index is 1860. The second-order valence-electron chi connectivity index (χ2n) is 16.0. The molecule has 1 saturated heterocycles. The molecule has 5 heterocycles. The lowest BCUT2D eigenvalue weighted by molar-refractivity contribution is -0.870. The summed E-state index contributed by atoms with van der Waals surface area (Å²) in [4.78, 5) is 32.4. The fourth-order valence-corrected chi connectivity index (χ4v) is 11.7. The number of quaternary nitrogens is 1. The van der Waals surface area contributed by atoms with E-state index >= 15 is 0 Å². The van der Waals surface area contributed by atoms with Crippen LogP contribution < -0.4 is 16.0 Å². The minimum atomic E-state index is -2.95. The molecule has 20 heteroatoms. The third-order valence-corrected chi connectivity index (χ3v) is 14.5. The summed E-state index contributed by atoms with van der Waals surface area (Å²) < 4.78 is 30.4. The van der Waals surface area contributed by atoms with Crippen LogP contribution in [0.3, 0.4) is 0 Å². The average Bonchev–Trinajstić information content (AvgIpc) is 3.66. The van der Waals surface area contributed by atoms with Crippen molar-refractivity contribution in [2.75, 3.05) is 38.7 Å². The molecule has 18 nitrogen and oxygen atoms in total. The quantitative estimate of drug-likeness (QED) is 0.0161. The van der Waals surface area contributed by atoms with Gasteiger partial charge in [0.2, 0.25) is 12.1 Å². The molecule has 12 atom stereocenters. The molecule has 5 aliphatic heterocycles. The largest absolute Gasteiger partial charge is 0.477 e. The molecule has 0 aromatic rings. The number of carbonyl (C=O) groups is 2. The number of allylic oxidation sites excluding steroid dienone is 1. The predicted molar refractivity (Wildman–Crippen MR) is 222 cm³/mol. The van der Waals surface area contributed by atoms with Gasteiger partial charge in [0.05, 0.1) is 48.0 Å². The molecular weight excluding hydrogens is 837 g/mol. The summed E-state index contributed by atoms with van der Waals surface area (Å²) in [5.41, 5.74) is 7.03. The van der Waals surface area contributed by atoms with Crippen LogP contribution in [0.2, 0.25) is 0 Å². The normalized spacial score (nSPS) is 35.3. The number of hydrogen-bond acceptors (Lipinski definition) is 16. The maximum absolute atomic E-state index is 14.5. The van der Waals surface area contributed by atoms with Crippen molar-refractivity contribution in [3.63, 3.8) is 0 Å². The number of nitrogens with one attached hydrogen (secondary N) is 2. The third-order valence-electron chi connectivity index (χ3n) is 11.5. The Morgan fingerprint density at radius 3 is 2.70 bits per heavy atom. The molecule has 6 aliphatic rings. The zero-order chi connectivity index (χ0) is 44.0. The van der Waals surface area contributed by atoms with Gasteiger partial charge in [-0.2, -0.15) is 0 Å². The van der Waals surface area contributed by atoms with E-state index in [-0.39, 0.29) is 66.7 Å². The number of guanidine groups is 1. The van der Waals surface area contributed by atoms with E-state index in [9.17, 15) is 45.3 Å². The van der Waals surface area contributed by atoms with Gasteiger partial charge in [0.1, 0.15) is 42.7 Å². The molecule has 1 aliphatic carbocycles. The van der Waals surface area contributed by atoms with Crippen LogP contribution in [0.1, 0.15) is 46.0 Å². The summed E-state index contributed by atoms with van der Waals surface area (Å²) in [5.74, 6) is 0.251. The number of carboxylic acid groups (broad SMARTS) is 1. The summed E-state index contributed by atoms with van der Waals surface area (Å²) in [7, 11) is 3.17. The van der Waals surface area contributed by atoms with Crippen LogP contribution in [0.25, 0.3) is 0 Å². The predicted octanol–water partition coefficient (Wildman–Crippen LogP) is -1.21. The molecule has 0 aromatic heterocycles. The van der Waals surface area contributed by atoms with Crippen LogP contribution >= 0.6 is 21.6 Å². The van der Waals surface area contributed by atoms with Crippen molar-refractivity contribution < 1.29 is 73.9 Å². The topological polar surface area (TPSA) is 277 Å². The highest BCUT2D eigenvalue weighted by Crippen LogP contribution is 2.43. The summed E-state index contributed by atoms with van der Waals surface area (Å²) in [6.07, 6.45) is -0.351. The van der Waals surface area contributed by atoms with Crippen molar-refractivity contribution in [1.82, 2.24) is 5.32 Å². The standard InChI is InChI=1S/C41H56N4O14S2/c1-4-25-32-22-8-6-11-31(28(17-47)45-15-24(14-22)33(26(16-45)36(50)51)44-40(42)43-12-7-13-46)61-60-20-23-9-5-10-29(23)57-37(52)27(32)19-55-38(25)59-39-35(56-21(2)3)41(53,54)34(49)30(18-48)58-39/h4,14,16,19,21,23,25,28-32,34-35,38-39,46-49,53-54H,1,5,7,9-13,15,17-18,20H2,2-3H3,(H,50,51)(H3,42,43,44)/p+1. The van der Waals surface area contributed by atoms with Gasteiger partial charge in [0.25, 0.3) is 0 Å². The Morgan fingerprint density at radius 1 is 1.23 bits per heavy atom. The van der Waals surface area contributed by atoms with Crippen molar-refractivity contribution in [3.8, 4) is 11.8 Å². The number of esters is 1. The zero-order valence-corrected chi connectivity index (χ0v) is 35.7. The fourth-order valence-electron chi connectivity index (χ4n) is 8.42. The number of carbonyl (C=O) groups excluding carboxylic acids is 1. The number of ether oxygens (including phenoxy) is 5. The molecule has 0 spiro atoms. The molecule has 1 saturated carbocycles. The number of nitrogens with two attached hydrogens (primary N) is 1. The smallest absolute Gasteiger partial charge is 0.343 e. The molecule has 0 radical (unpaired) electrons. The van der Waals surface area contributed by atoms with Crippen LogP contribution in [0.15, 0.2) is 64.2 Å². The molecule has 0 amide bonds. The summed E-state index contributed by atoms with van der Waals surface area (Å²) in [5, 5.41) is 76.5. The summed E-state index contributed by atoms with van der Waals surface area (Å²) >= 11 is 0. The first kappa shape index (κ1) is 47.1. The lowest BCUT2D eigenvalue weighted by atomic mass is 9.77. The van der Waals surface area contributed by atoms with Crippen molar-refractivity contribution in [2.45, 2.75) is 106 Å². The molecule has 0 aromatic carbocycles. The molecule has 12 unspecified atom stereocenters. The van der Waals surface area contributed by atoms with Crippen LogP contribution in [0, 0.1) is 29.6 Å². The number of aliphatic hydroxyl groups is 6. The SMILES string of the molecule is C=CC1C(OC2OC(CO)C(O)C(O)(O)C2OC(C)C)OC=C2C(=O)OC3CCCC3CSSC3CC#CC(=CC4=C(NC(N)=NCCCO)C(C(=O)O)=C[NH+](C4)C3CO)C21. The maximum Gasteiger partial charge on any atom is 0.343 e. The Labute approximate surface area is 361 Å². The second kappa shape index (κ2) is 20.8. The molecule has 4 bridgehead atoms. The van der Waals surface area contributed by atoms with E-state index in [1.807, 2.05) is 0 Å². The van der Waals surface area contributed by atoms with E-state index in [4.69, 9.17) is 29.4 Å². The number of nitrogens with zero attached hydrogens (tertiary/aromatic N) is 1. The monoisotopic (exact) mass is 893 g/mol. The molecule has 11 N–H and O–H groups in total. The maximum atomic E-state index is 14.5. The van der Waals surface area contributed by atoms with Crippen molar-refractivity contribution in [2.24, 2.45) is 28.5 Å². The highest BCUT2D eigenvalue weighted by Gasteiger charge is 2.58. The lowest BCUT2D eigenvalue weighted by Crippen LogP contribution is -3.14. The van der Waals surface area contributed by atoms with Crippen molar-refractivity contribution in [3.05, 3.63) is 59.2 Å². The van der Waals surface area contributed by atoms with E-state index in [1.165, 1.54) is 12.3 Å². The zero-order valence-electron chi connectivity index (χ0n) is 34.1. The van der Waals surface area contributed by atoms with Crippen LogP contribution in [0.5, 0.6) is 0 Å². The van der Waals surface area contributed by atoms with Gasteiger partial charge >= 0.3 is 11.9 Å². The fraction of sp³-hybridized carbons (Fsp3) is 0.634. The van der Waals surface area contributed by atoms with Gasteiger partial charge in [-0.3, -0.25) is 9.89 Å². The first-order valence-corrected chi connectivity index (χ1v) is 22.8. The third kappa shape index (κ3) is 10.5. The number of aliphatic carboxylic acids is 1. The van der Waals surface area contributed by atoms with Crippen molar-refractivity contribution >= 4 is 39.5 Å². The van der Waals surface area contributed by atoms with E-state index in [0.29, 0.717) is 34.6 Å². The van der Waals surface area contributed by atoms with Crippen LogP contribution in [0.4, 0.5) is 0 Å². The van der Waals surface area contributed by atoms with Crippen LogP contribution in [-0.2, 0) is 33.3 Å². The van der Waals surface area contributed by atoms with E-state index < -0.39 is 85.3 Å². The number of rotatable bonds is 12. The Balaban J connectivity index is 1.53. The molecule has 2 fully saturated rings. The molecule has 61 heavy (non-hydrogen) atoms. The second-order valence-corrected chi connectivity index (χ2v) is 18.6. The van der Waals surface area contributed by atoms with Gasteiger partial charge in [-0.25, -0.2) is 9.59 Å². The van der Waals surface area contributed by atoms with Gasteiger partial charge < -0.3 is 70.5 Å². The van der Waals surface area contributed by atoms with Crippen LogP contribution in [-0.4, -0.2) is 152 Å². The van der Waals surface area contributed by atoms with E-state index in [2.05, 4.69) is 28.7 Å². The molecular formula is C41H57N4O14S2+. The minimum Gasteiger partial charge on any atom is -0.477 e. The number of carboxylic acids is 1. The minimum absolute atomic E-state index is 0.0448. The molecule has 6 rings (SSSR count). The van der Waals surface area contributed by atoms with Crippen molar-refractivity contribution in [1.29, 1.82) is 0 Å². The highest BCUT2D eigenvalue weighted by molar-refractivity contribution is 8.77.